The van der Waals surface area contributed by atoms with Crippen LogP contribution in [0.5, 0.6) is 0 Å². The first-order chi connectivity index (χ1) is 20.9. The smallest absolute Gasteiger partial charge is 0.319 e. The summed E-state index contributed by atoms with van der Waals surface area (Å²) in [4.78, 5) is 38.4. The zero-order valence-electron chi connectivity index (χ0n) is 24.2. The Kier molecular flexibility index (Phi) is 9.17. The van der Waals surface area contributed by atoms with Crippen molar-refractivity contribution in [3.8, 4) is 0 Å². The highest BCUT2D eigenvalue weighted by molar-refractivity contribution is 6.36. The third-order valence-electron chi connectivity index (χ3n) is 7.25. The monoisotopic (exact) mass is 573 g/mol. The Morgan fingerprint density at radius 3 is 2.21 bits per heavy atom. The van der Waals surface area contributed by atoms with Gasteiger partial charge in [0.25, 0.3) is 11.8 Å². The molecule has 4 aromatic rings. The van der Waals surface area contributed by atoms with Gasteiger partial charge in [-0.1, -0.05) is 72.8 Å². The molecule has 43 heavy (non-hydrogen) atoms. The van der Waals surface area contributed by atoms with Gasteiger partial charge in [0, 0.05) is 35.6 Å². The molecule has 0 saturated heterocycles. The Morgan fingerprint density at radius 1 is 0.814 bits per heavy atom. The van der Waals surface area contributed by atoms with Crippen LogP contribution < -0.4 is 26.6 Å². The van der Waals surface area contributed by atoms with E-state index >= 15 is 0 Å². The average Bonchev–Trinajstić information content (AvgIpc) is 3.35. The molecule has 5 N–H and O–H groups in total. The minimum atomic E-state index is -0.238. The molecule has 0 radical (unpaired) electrons. The maximum Gasteiger partial charge on any atom is 0.319 e. The minimum absolute atomic E-state index is 0.170. The Labute approximate surface area is 251 Å². The highest BCUT2D eigenvalue weighted by atomic mass is 16.2. The van der Waals surface area contributed by atoms with Crippen LogP contribution in [0.3, 0.4) is 0 Å². The number of anilines is 2. The van der Waals surface area contributed by atoms with Crippen LogP contribution in [-0.4, -0.2) is 30.9 Å². The van der Waals surface area contributed by atoms with Crippen molar-refractivity contribution in [3.05, 3.63) is 131 Å². The van der Waals surface area contributed by atoms with Crippen LogP contribution in [0.1, 0.15) is 52.5 Å². The lowest BCUT2D eigenvalue weighted by atomic mass is 9.98. The Morgan fingerprint density at radius 2 is 1.51 bits per heavy atom. The summed E-state index contributed by atoms with van der Waals surface area (Å²) in [6.45, 7) is 4.93. The Balaban J connectivity index is 1.37. The van der Waals surface area contributed by atoms with Crippen LogP contribution in [0.2, 0.25) is 0 Å². The lowest BCUT2D eigenvalue weighted by Gasteiger charge is -2.16. The molecule has 1 atom stereocenters. The molecular weight excluding hydrogens is 538 g/mol. The third-order valence-corrected chi connectivity index (χ3v) is 7.25. The molecule has 4 amide bonds. The summed E-state index contributed by atoms with van der Waals surface area (Å²) in [6.07, 6.45) is 0.694. The van der Waals surface area contributed by atoms with Crippen molar-refractivity contribution in [2.45, 2.75) is 26.3 Å². The molecule has 5 rings (SSSR count). The molecule has 0 saturated carbocycles. The second kappa shape index (κ2) is 13.5. The second-order valence-corrected chi connectivity index (χ2v) is 10.3. The summed E-state index contributed by atoms with van der Waals surface area (Å²) in [5.41, 5.74) is 6.68. The van der Waals surface area contributed by atoms with E-state index in [4.69, 9.17) is 0 Å². The highest BCUT2D eigenvalue weighted by Crippen LogP contribution is 2.37. The number of rotatable bonds is 10. The molecule has 1 heterocycles. The van der Waals surface area contributed by atoms with E-state index in [9.17, 15) is 14.4 Å². The predicted molar refractivity (Wildman–Crippen MR) is 171 cm³/mol. The quantitative estimate of drug-likeness (QED) is 0.151. The molecule has 1 aliphatic heterocycles. The number of amides is 4. The molecule has 8 heteroatoms. The molecule has 0 unspecified atom stereocenters. The normalized spacial score (nSPS) is 13.8. The van der Waals surface area contributed by atoms with Gasteiger partial charge < -0.3 is 26.6 Å². The van der Waals surface area contributed by atoms with Crippen molar-refractivity contribution in [1.82, 2.24) is 16.0 Å². The number of fused-ring (bicyclic) bond motifs is 1. The van der Waals surface area contributed by atoms with Crippen LogP contribution >= 0.6 is 0 Å². The molecule has 0 bridgehead atoms. The van der Waals surface area contributed by atoms with Crippen LogP contribution in [0.25, 0.3) is 11.3 Å². The summed E-state index contributed by atoms with van der Waals surface area (Å²) in [7, 11) is 0. The fraction of sp³-hybridized carbons (Fsp3) is 0.171. The zero-order valence-corrected chi connectivity index (χ0v) is 24.2. The van der Waals surface area contributed by atoms with Crippen molar-refractivity contribution >= 4 is 40.5 Å². The van der Waals surface area contributed by atoms with E-state index in [0.717, 1.165) is 16.7 Å². The largest absolute Gasteiger partial charge is 0.384 e. The number of benzene rings is 4. The van der Waals surface area contributed by atoms with E-state index < -0.39 is 0 Å². The molecule has 0 spiro atoms. The van der Waals surface area contributed by atoms with E-state index in [1.165, 1.54) is 0 Å². The standard InChI is InChI=1S/C35H35N5O3/c1-3-36-35(43)39-28-17-14-24(15-18-28)20-21-37-32(26-12-8-5-9-13-26)31-29-22-27(16-19-30(29)40-34(31)42)33(41)38-23(2)25-10-6-4-7-11-25/h4-19,22-23,37H,3,20-21H2,1-2H3,(H,38,41)(H,40,42)(H2,36,39,43)/t23-/m1/s1. The Bertz CT molecular complexity index is 1630. The molecule has 4 aromatic carbocycles. The van der Waals surface area contributed by atoms with Crippen molar-refractivity contribution in [2.75, 3.05) is 23.7 Å². The first-order valence-electron chi connectivity index (χ1n) is 14.4. The van der Waals surface area contributed by atoms with Gasteiger partial charge in [-0.25, -0.2) is 4.79 Å². The van der Waals surface area contributed by atoms with Crippen LogP contribution in [0.4, 0.5) is 16.2 Å². The van der Waals surface area contributed by atoms with Crippen molar-refractivity contribution < 1.29 is 14.4 Å². The predicted octanol–water partition coefficient (Wildman–Crippen LogP) is 5.97. The molecule has 1 aliphatic rings. The third kappa shape index (κ3) is 7.11. The first kappa shape index (κ1) is 29.1. The summed E-state index contributed by atoms with van der Waals surface area (Å²) in [5.74, 6) is -0.436. The Hall–Kier alpha value is -5.37. The fourth-order valence-corrected chi connectivity index (χ4v) is 5.02. The van der Waals surface area contributed by atoms with Crippen molar-refractivity contribution in [1.29, 1.82) is 0 Å². The number of urea groups is 1. The fourth-order valence-electron chi connectivity index (χ4n) is 5.02. The highest BCUT2D eigenvalue weighted by Gasteiger charge is 2.29. The summed E-state index contributed by atoms with van der Waals surface area (Å²) in [5, 5.41) is 15.0. The SMILES string of the molecule is CCNC(=O)Nc1ccc(CCNC(=C2C(=O)Nc3ccc(C(=O)N[C@H](C)c4ccccc4)cc32)c2ccccc2)cc1. The van der Waals surface area contributed by atoms with Gasteiger partial charge in [0.2, 0.25) is 0 Å². The van der Waals surface area contributed by atoms with Gasteiger partial charge in [-0.15, -0.1) is 0 Å². The van der Waals surface area contributed by atoms with Gasteiger partial charge in [0.05, 0.1) is 17.3 Å². The van der Waals surface area contributed by atoms with Gasteiger partial charge in [0.15, 0.2) is 0 Å². The zero-order chi connectivity index (χ0) is 30.2. The van der Waals surface area contributed by atoms with E-state index in [-0.39, 0.29) is 23.9 Å². The number of hydrogen-bond donors (Lipinski definition) is 5. The van der Waals surface area contributed by atoms with Crippen LogP contribution in [0, 0.1) is 0 Å². The van der Waals surface area contributed by atoms with Crippen molar-refractivity contribution in [2.24, 2.45) is 0 Å². The maximum absolute atomic E-state index is 13.3. The summed E-state index contributed by atoms with van der Waals surface area (Å²) >= 11 is 0. The topological polar surface area (TPSA) is 111 Å². The maximum atomic E-state index is 13.3. The van der Waals surface area contributed by atoms with Gasteiger partial charge in [-0.05, 0) is 67.3 Å². The summed E-state index contributed by atoms with van der Waals surface area (Å²) < 4.78 is 0. The van der Waals surface area contributed by atoms with E-state index in [1.807, 2.05) is 98.8 Å². The van der Waals surface area contributed by atoms with Crippen molar-refractivity contribution in [3.63, 3.8) is 0 Å². The molecule has 0 aliphatic carbocycles. The summed E-state index contributed by atoms with van der Waals surface area (Å²) in [6, 6.07) is 32.1. The number of nitrogens with one attached hydrogen (secondary N) is 5. The van der Waals surface area contributed by atoms with E-state index in [1.54, 1.807) is 18.2 Å². The average molecular weight is 574 g/mol. The molecule has 0 aromatic heterocycles. The van der Waals surface area contributed by atoms with Gasteiger partial charge >= 0.3 is 6.03 Å². The molecule has 8 nitrogen and oxygen atoms in total. The number of carbonyl (C=O) groups excluding carboxylic acids is 3. The molecular formula is C35H35N5O3. The number of carbonyl (C=O) groups is 3. The van der Waals surface area contributed by atoms with Gasteiger partial charge in [-0.3, -0.25) is 9.59 Å². The van der Waals surface area contributed by atoms with Crippen LogP contribution in [-0.2, 0) is 11.2 Å². The van der Waals surface area contributed by atoms with Gasteiger partial charge in [-0.2, -0.15) is 0 Å². The lowest BCUT2D eigenvalue weighted by Crippen LogP contribution is -2.28. The first-order valence-corrected chi connectivity index (χ1v) is 14.4. The lowest BCUT2D eigenvalue weighted by molar-refractivity contribution is -0.110. The second-order valence-electron chi connectivity index (χ2n) is 10.3. The number of hydrogen-bond acceptors (Lipinski definition) is 4. The minimum Gasteiger partial charge on any atom is -0.384 e. The molecule has 218 valence electrons. The van der Waals surface area contributed by atoms with E-state index in [0.29, 0.717) is 53.3 Å². The van der Waals surface area contributed by atoms with E-state index in [2.05, 4.69) is 26.6 Å². The van der Waals surface area contributed by atoms with Gasteiger partial charge in [0.1, 0.15) is 0 Å². The van der Waals surface area contributed by atoms with Crippen LogP contribution in [0.15, 0.2) is 103 Å². The molecule has 0 fully saturated rings.